The highest BCUT2D eigenvalue weighted by molar-refractivity contribution is 5.89. The van der Waals surface area contributed by atoms with Crippen LogP contribution in [0.3, 0.4) is 0 Å². The maximum absolute atomic E-state index is 14.2. The lowest BCUT2D eigenvalue weighted by Gasteiger charge is -2.44. The molecule has 0 spiro atoms. The summed E-state index contributed by atoms with van der Waals surface area (Å²) >= 11 is 0. The van der Waals surface area contributed by atoms with Gasteiger partial charge in [0, 0.05) is 6.42 Å². The molecular weight excluding hydrogens is 999 g/mol. The van der Waals surface area contributed by atoms with Gasteiger partial charge in [0.05, 0.1) is 50.7 Å². The van der Waals surface area contributed by atoms with Crippen LogP contribution in [-0.2, 0) is 53.0 Å². The van der Waals surface area contributed by atoms with E-state index in [0.29, 0.717) is 25.2 Å². The summed E-state index contributed by atoms with van der Waals surface area (Å²) < 4.78 is 39.3. The summed E-state index contributed by atoms with van der Waals surface area (Å²) in [6, 6.07) is 37.6. The van der Waals surface area contributed by atoms with Gasteiger partial charge in [0.1, 0.15) is 18.3 Å². The Kier molecular flexibility index (Phi) is 35.6. The molecule has 5 rings (SSSR count). The average Bonchev–Trinajstić information content (AvgIpc) is 3.50. The maximum Gasteiger partial charge on any atom is 0.338 e. The summed E-state index contributed by atoms with van der Waals surface area (Å²) in [5, 5.41) is 15.5. The summed E-state index contributed by atoms with van der Waals surface area (Å²) in [7, 11) is 0. The van der Waals surface area contributed by atoms with E-state index >= 15 is 0 Å². The Hall–Kier alpha value is -4.68. The first-order chi connectivity index (χ1) is 39.4. The van der Waals surface area contributed by atoms with Crippen LogP contribution in [0.15, 0.2) is 133 Å². The second kappa shape index (κ2) is 43.1. The number of ether oxygens (including phenoxy) is 6. The molecule has 0 bridgehead atoms. The van der Waals surface area contributed by atoms with Crippen LogP contribution < -0.4 is 5.32 Å². The van der Waals surface area contributed by atoms with Crippen molar-refractivity contribution in [2.75, 3.05) is 13.2 Å². The molecule has 4 aromatic rings. The predicted molar refractivity (Wildman–Crippen MR) is 324 cm³/mol. The highest BCUT2D eigenvalue weighted by Gasteiger charge is 2.49. The van der Waals surface area contributed by atoms with Crippen molar-refractivity contribution in [3.63, 3.8) is 0 Å². The van der Waals surface area contributed by atoms with Gasteiger partial charge in [-0.05, 0) is 48.1 Å². The molecule has 0 radical (unpaired) electrons. The molecule has 1 aliphatic rings. The molecular formula is C70H103NO9. The molecule has 0 saturated carbocycles. The number of benzene rings is 4. The SMILES string of the molecule is CCCCCCCCCCCCC/C=C/[C@@H](OCc1ccccc1)[C@H](CO[C@@H]1O[C@H](COCc2ccccc2)[C@@H](O)[C@H](OCc2ccccc2)[C@H]1OC(=O)c1ccccc1)NC(=O)CCCCCCCCCCCCCCCCC. The van der Waals surface area contributed by atoms with Gasteiger partial charge < -0.3 is 38.8 Å². The summed E-state index contributed by atoms with van der Waals surface area (Å²) in [5.41, 5.74) is 3.19. The van der Waals surface area contributed by atoms with Crippen molar-refractivity contribution in [3.05, 3.63) is 156 Å². The molecule has 7 atom stereocenters. The number of hydrogen-bond acceptors (Lipinski definition) is 9. The smallest absolute Gasteiger partial charge is 0.338 e. The van der Waals surface area contributed by atoms with Crippen LogP contribution >= 0.6 is 0 Å². The van der Waals surface area contributed by atoms with Crippen molar-refractivity contribution in [3.8, 4) is 0 Å². The Morgan fingerprint density at radius 3 is 1.50 bits per heavy atom. The predicted octanol–water partition coefficient (Wildman–Crippen LogP) is 16.7. The number of carbonyl (C=O) groups is 2. The summed E-state index contributed by atoms with van der Waals surface area (Å²) in [6.45, 7) is 5.23. The van der Waals surface area contributed by atoms with E-state index in [9.17, 15) is 14.7 Å². The Labute approximate surface area is 483 Å². The normalized spacial score (nSPS) is 18.1. The largest absolute Gasteiger partial charge is 0.450 e. The zero-order chi connectivity index (χ0) is 56.3. The molecule has 80 heavy (non-hydrogen) atoms. The van der Waals surface area contributed by atoms with E-state index in [1.165, 1.54) is 135 Å². The van der Waals surface area contributed by atoms with Gasteiger partial charge in [0.25, 0.3) is 0 Å². The summed E-state index contributed by atoms with van der Waals surface area (Å²) in [6.07, 6.45) is 32.0. The van der Waals surface area contributed by atoms with Gasteiger partial charge in [-0.3, -0.25) is 4.79 Å². The van der Waals surface area contributed by atoms with Crippen molar-refractivity contribution >= 4 is 11.9 Å². The van der Waals surface area contributed by atoms with Crippen LogP contribution in [0.4, 0.5) is 0 Å². The molecule has 1 amide bonds. The first-order valence-electron chi connectivity index (χ1n) is 31.5. The average molecular weight is 1100 g/mol. The van der Waals surface area contributed by atoms with Crippen LogP contribution in [0.5, 0.6) is 0 Å². The Balaban J connectivity index is 1.31. The number of amides is 1. The first-order valence-corrected chi connectivity index (χ1v) is 31.5. The van der Waals surface area contributed by atoms with Crippen molar-refractivity contribution < 1.29 is 43.1 Å². The van der Waals surface area contributed by atoms with E-state index < -0.39 is 48.8 Å². The Bertz CT molecular complexity index is 2140. The highest BCUT2D eigenvalue weighted by atomic mass is 16.7. The van der Waals surface area contributed by atoms with Gasteiger partial charge in [0.15, 0.2) is 12.4 Å². The van der Waals surface area contributed by atoms with Gasteiger partial charge in [0.2, 0.25) is 5.91 Å². The van der Waals surface area contributed by atoms with Crippen molar-refractivity contribution in [1.29, 1.82) is 0 Å². The van der Waals surface area contributed by atoms with Gasteiger partial charge in [-0.15, -0.1) is 0 Å². The lowest BCUT2D eigenvalue weighted by molar-refractivity contribution is -0.311. The fraction of sp³-hybridized carbons (Fsp3) is 0.600. The van der Waals surface area contributed by atoms with Crippen molar-refractivity contribution in [1.82, 2.24) is 5.32 Å². The van der Waals surface area contributed by atoms with Crippen LogP contribution in [0.25, 0.3) is 0 Å². The number of aliphatic hydroxyl groups excluding tert-OH is 1. The van der Waals surface area contributed by atoms with E-state index in [4.69, 9.17) is 28.4 Å². The van der Waals surface area contributed by atoms with E-state index in [1.54, 1.807) is 24.3 Å². The minimum absolute atomic E-state index is 0.00445. The monoisotopic (exact) mass is 1100 g/mol. The second-order valence-electron chi connectivity index (χ2n) is 22.3. The highest BCUT2D eigenvalue weighted by Crippen LogP contribution is 2.30. The van der Waals surface area contributed by atoms with E-state index in [0.717, 1.165) is 55.2 Å². The third-order valence-corrected chi connectivity index (χ3v) is 15.3. The molecule has 1 heterocycles. The van der Waals surface area contributed by atoms with Gasteiger partial charge in [-0.25, -0.2) is 4.79 Å². The molecule has 10 heteroatoms. The van der Waals surface area contributed by atoms with E-state index in [1.807, 2.05) is 97.1 Å². The number of carbonyl (C=O) groups excluding carboxylic acids is 2. The molecule has 10 nitrogen and oxygen atoms in total. The lowest BCUT2D eigenvalue weighted by atomic mass is 9.98. The topological polar surface area (TPSA) is 122 Å². The molecule has 0 unspecified atom stereocenters. The number of esters is 1. The van der Waals surface area contributed by atoms with Gasteiger partial charge in [-0.1, -0.05) is 289 Å². The van der Waals surface area contributed by atoms with Crippen LogP contribution in [-0.4, -0.2) is 73.0 Å². The van der Waals surface area contributed by atoms with E-state index in [2.05, 4.69) is 31.3 Å². The zero-order valence-electron chi connectivity index (χ0n) is 49.3. The third-order valence-electron chi connectivity index (χ3n) is 15.3. The second-order valence-corrected chi connectivity index (χ2v) is 22.3. The molecule has 1 fully saturated rings. The van der Waals surface area contributed by atoms with Crippen LogP contribution in [0, 0.1) is 0 Å². The molecule has 4 aromatic carbocycles. The minimum Gasteiger partial charge on any atom is -0.450 e. The molecule has 442 valence electrons. The lowest BCUT2D eigenvalue weighted by Crippen LogP contribution is -2.62. The molecule has 1 aliphatic heterocycles. The van der Waals surface area contributed by atoms with Crippen molar-refractivity contribution in [2.24, 2.45) is 0 Å². The Morgan fingerprint density at radius 2 is 0.988 bits per heavy atom. The molecule has 0 aromatic heterocycles. The first kappa shape index (κ1) is 66.1. The number of hydrogen-bond donors (Lipinski definition) is 2. The number of nitrogens with one attached hydrogen (secondary N) is 1. The van der Waals surface area contributed by atoms with Crippen molar-refractivity contribution in [2.45, 2.75) is 256 Å². The van der Waals surface area contributed by atoms with E-state index in [-0.39, 0.29) is 25.7 Å². The van der Waals surface area contributed by atoms with Gasteiger partial charge in [-0.2, -0.15) is 0 Å². The van der Waals surface area contributed by atoms with Gasteiger partial charge >= 0.3 is 5.97 Å². The minimum atomic E-state index is -1.27. The summed E-state index contributed by atoms with van der Waals surface area (Å²) in [5.74, 6) is -0.696. The Morgan fingerprint density at radius 1 is 0.537 bits per heavy atom. The summed E-state index contributed by atoms with van der Waals surface area (Å²) in [4.78, 5) is 28.2. The fourth-order valence-corrected chi connectivity index (χ4v) is 10.5. The quantitative estimate of drug-likeness (QED) is 0.0253. The number of aliphatic hydroxyl groups is 1. The van der Waals surface area contributed by atoms with Crippen LogP contribution in [0.2, 0.25) is 0 Å². The number of rotatable bonds is 46. The maximum atomic E-state index is 14.2. The third kappa shape index (κ3) is 28.3. The molecule has 1 saturated heterocycles. The molecule has 0 aliphatic carbocycles. The standard InChI is InChI=1S/C70H103NO9/c1-3-5-7-9-11-13-15-17-18-20-22-24-26-28-42-52-65(72)71-62(63(76-54-59-45-35-30-36-46-59)51-41-27-25-23-21-19-16-14-12-10-8-6-4-2)56-78-70-68(80-69(74)61-49-39-32-40-50-61)67(77-55-60-47-37-31-38-48-60)66(73)64(79-70)57-75-53-58-43-33-29-34-44-58/h29-41,43-51,62-64,66-68,70,73H,3-28,42,52-57H2,1-2H3,(H,71,72)/b51-41+/t62-,63+,64+,66+,67-,68+,70+/m0/s1. The van der Waals surface area contributed by atoms with Crippen LogP contribution in [0.1, 0.15) is 221 Å². The zero-order valence-corrected chi connectivity index (χ0v) is 49.3. The molecule has 2 N–H and O–H groups in total. The fourth-order valence-electron chi connectivity index (χ4n) is 10.5. The number of unbranched alkanes of at least 4 members (excludes halogenated alkanes) is 25. The number of allylic oxidation sites excluding steroid dienone is 1.